The van der Waals surface area contributed by atoms with Crippen molar-refractivity contribution < 1.29 is 9.53 Å². The lowest BCUT2D eigenvalue weighted by atomic mass is 10.0. The Morgan fingerprint density at radius 1 is 1.12 bits per heavy atom. The van der Waals surface area contributed by atoms with Crippen molar-refractivity contribution in [3.63, 3.8) is 0 Å². The summed E-state index contributed by atoms with van der Waals surface area (Å²) in [5.41, 5.74) is 2.99. The molecule has 3 rings (SSSR count). The Balaban J connectivity index is 1.58. The molecule has 1 unspecified atom stereocenters. The van der Waals surface area contributed by atoms with Crippen molar-refractivity contribution in [3.05, 3.63) is 65.2 Å². The van der Waals surface area contributed by atoms with Gasteiger partial charge in [-0.15, -0.1) is 0 Å². The number of carbonyl (C=O) groups excluding carboxylic acids is 1. The van der Waals surface area contributed by atoms with Crippen molar-refractivity contribution >= 4 is 11.9 Å². The first-order chi connectivity index (χ1) is 15.7. The summed E-state index contributed by atoms with van der Waals surface area (Å²) in [5.74, 6) is 1.62. The van der Waals surface area contributed by atoms with Crippen LogP contribution in [0.2, 0.25) is 0 Å². The Morgan fingerprint density at radius 2 is 1.91 bits per heavy atom. The van der Waals surface area contributed by atoms with E-state index in [1.165, 1.54) is 18.4 Å². The molecule has 1 amide bonds. The quantitative estimate of drug-likeness (QED) is 0.415. The summed E-state index contributed by atoms with van der Waals surface area (Å²) < 4.78 is 5.64. The zero-order chi connectivity index (χ0) is 22.8. The van der Waals surface area contributed by atoms with Crippen LogP contribution in [0.4, 0.5) is 0 Å². The van der Waals surface area contributed by atoms with Gasteiger partial charge in [0, 0.05) is 38.3 Å². The molecule has 7 heteroatoms. The second-order valence-corrected chi connectivity index (χ2v) is 7.91. The molecule has 0 spiro atoms. The first-order valence-electron chi connectivity index (χ1n) is 11.3. The zero-order valence-corrected chi connectivity index (χ0v) is 19.4. The number of amides is 1. The fourth-order valence-corrected chi connectivity index (χ4v) is 4.18. The standard InChI is InChI=1S/C25H35N5O2/c1-26-24(31)20-10-8-9-19(17-20)13-14-28-25(27-2)29-18-22(30-15-6-7-16-30)21-11-4-5-12-23(21)32-3/h4-5,8-12,17,22H,6-7,13-16,18H2,1-3H3,(H,26,31)(H2,27,28,29). The molecular weight excluding hydrogens is 402 g/mol. The van der Waals surface area contributed by atoms with E-state index >= 15 is 0 Å². The van der Waals surface area contributed by atoms with Gasteiger partial charge in [0.2, 0.25) is 0 Å². The topological polar surface area (TPSA) is 78.0 Å². The molecule has 0 radical (unpaired) electrons. The van der Waals surface area contributed by atoms with E-state index in [0.29, 0.717) is 5.56 Å². The average Bonchev–Trinajstić information content (AvgIpc) is 3.37. The number of methoxy groups -OCH3 is 1. The number of likely N-dealkylation sites (tertiary alicyclic amines) is 1. The molecule has 0 aromatic heterocycles. The third-order valence-electron chi connectivity index (χ3n) is 5.89. The molecule has 1 heterocycles. The highest BCUT2D eigenvalue weighted by atomic mass is 16.5. The zero-order valence-electron chi connectivity index (χ0n) is 19.4. The number of benzene rings is 2. The highest BCUT2D eigenvalue weighted by Crippen LogP contribution is 2.31. The van der Waals surface area contributed by atoms with Crippen molar-refractivity contribution in [2.75, 3.05) is 47.4 Å². The largest absolute Gasteiger partial charge is 0.496 e. The Labute approximate surface area is 191 Å². The highest BCUT2D eigenvalue weighted by molar-refractivity contribution is 5.94. The van der Waals surface area contributed by atoms with Crippen molar-refractivity contribution in [3.8, 4) is 5.75 Å². The maximum atomic E-state index is 11.8. The van der Waals surface area contributed by atoms with E-state index in [2.05, 4.69) is 38.0 Å². The summed E-state index contributed by atoms with van der Waals surface area (Å²) in [4.78, 5) is 18.8. The van der Waals surface area contributed by atoms with E-state index in [1.807, 2.05) is 36.4 Å². The molecule has 1 aliphatic heterocycles. The van der Waals surface area contributed by atoms with Gasteiger partial charge in [-0.05, 0) is 56.1 Å². The van der Waals surface area contributed by atoms with Gasteiger partial charge in [-0.3, -0.25) is 14.7 Å². The molecule has 0 aliphatic carbocycles. The number of ether oxygens (including phenoxy) is 1. The minimum Gasteiger partial charge on any atom is -0.496 e. The van der Waals surface area contributed by atoms with Gasteiger partial charge in [-0.25, -0.2) is 0 Å². The van der Waals surface area contributed by atoms with E-state index < -0.39 is 0 Å². The van der Waals surface area contributed by atoms with Crippen LogP contribution in [-0.2, 0) is 6.42 Å². The van der Waals surface area contributed by atoms with Crippen LogP contribution < -0.4 is 20.7 Å². The lowest BCUT2D eigenvalue weighted by Gasteiger charge is -2.30. The molecule has 1 fully saturated rings. The summed E-state index contributed by atoms with van der Waals surface area (Å²) in [6, 6.07) is 16.2. The van der Waals surface area contributed by atoms with Gasteiger partial charge in [0.05, 0.1) is 13.2 Å². The number of hydrogen-bond acceptors (Lipinski definition) is 4. The van der Waals surface area contributed by atoms with Crippen LogP contribution in [0.3, 0.4) is 0 Å². The van der Waals surface area contributed by atoms with Gasteiger partial charge < -0.3 is 20.7 Å². The van der Waals surface area contributed by atoms with Gasteiger partial charge in [0.15, 0.2) is 5.96 Å². The first kappa shape index (κ1) is 23.6. The van der Waals surface area contributed by atoms with E-state index in [4.69, 9.17) is 4.74 Å². The summed E-state index contributed by atoms with van der Waals surface area (Å²) in [6.45, 7) is 3.66. The number of guanidine groups is 1. The van der Waals surface area contributed by atoms with Crippen LogP contribution in [0.1, 0.15) is 40.4 Å². The fourth-order valence-electron chi connectivity index (χ4n) is 4.18. The lowest BCUT2D eigenvalue weighted by Crippen LogP contribution is -2.43. The maximum Gasteiger partial charge on any atom is 0.251 e. The number of hydrogen-bond donors (Lipinski definition) is 3. The van der Waals surface area contributed by atoms with Gasteiger partial charge >= 0.3 is 0 Å². The highest BCUT2D eigenvalue weighted by Gasteiger charge is 2.26. The summed E-state index contributed by atoms with van der Waals surface area (Å²) >= 11 is 0. The minimum absolute atomic E-state index is 0.0680. The Kier molecular flexibility index (Phi) is 8.92. The number of nitrogens with one attached hydrogen (secondary N) is 3. The van der Waals surface area contributed by atoms with Crippen LogP contribution in [0.5, 0.6) is 5.75 Å². The van der Waals surface area contributed by atoms with Crippen molar-refractivity contribution in [1.29, 1.82) is 0 Å². The Morgan fingerprint density at radius 3 is 2.62 bits per heavy atom. The summed E-state index contributed by atoms with van der Waals surface area (Å²) in [6.07, 6.45) is 3.26. The van der Waals surface area contributed by atoms with Crippen LogP contribution in [-0.4, -0.2) is 64.2 Å². The molecular formula is C25H35N5O2. The predicted molar refractivity (Wildman–Crippen MR) is 129 cm³/mol. The smallest absolute Gasteiger partial charge is 0.251 e. The number of carbonyl (C=O) groups is 1. The van der Waals surface area contributed by atoms with Crippen molar-refractivity contribution in [1.82, 2.24) is 20.9 Å². The predicted octanol–water partition coefficient (Wildman–Crippen LogP) is 2.60. The van der Waals surface area contributed by atoms with E-state index in [9.17, 15) is 4.79 Å². The molecule has 32 heavy (non-hydrogen) atoms. The SMILES string of the molecule is CN=C(NCCc1cccc(C(=O)NC)c1)NCC(c1ccccc1OC)N1CCCC1. The molecule has 172 valence electrons. The molecule has 0 saturated carbocycles. The number of para-hydroxylation sites is 1. The fraction of sp³-hybridized carbons (Fsp3) is 0.440. The second kappa shape index (κ2) is 12.1. The normalized spacial score (nSPS) is 15.3. The van der Waals surface area contributed by atoms with Crippen molar-refractivity contribution in [2.24, 2.45) is 4.99 Å². The Bertz CT molecular complexity index is 909. The molecule has 1 aliphatic rings. The summed E-state index contributed by atoms with van der Waals surface area (Å²) in [7, 11) is 5.16. The number of nitrogens with zero attached hydrogens (tertiary/aromatic N) is 2. The molecule has 2 aromatic carbocycles. The first-order valence-corrected chi connectivity index (χ1v) is 11.3. The molecule has 3 N–H and O–H groups in total. The van der Waals surface area contributed by atoms with Crippen LogP contribution in [0, 0.1) is 0 Å². The summed E-state index contributed by atoms with van der Waals surface area (Å²) in [5, 5.41) is 9.56. The monoisotopic (exact) mass is 437 g/mol. The molecule has 1 saturated heterocycles. The lowest BCUT2D eigenvalue weighted by molar-refractivity contribution is 0.0963. The van der Waals surface area contributed by atoms with Crippen molar-refractivity contribution in [2.45, 2.75) is 25.3 Å². The van der Waals surface area contributed by atoms with E-state index in [0.717, 1.165) is 49.9 Å². The molecule has 7 nitrogen and oxygen atoms in total. The molecule has 0 bridgehead atoms. The Hall–Kier alpha value is -3.06. The minimum atomic E-state index is -0.0680. The van der Waals surface area contributed by atoms with Gasteiger partial charge in [0.25, 0.3) is 5.91 Å². The van der Waals surface area contributed by atoms with Gasteiger partial charge in [-0.1, -0.05) is 30.3 Å². The number of rotatable bonds is 9. The second-order valence-electron chi connectivity index (χ2n) is 7.91. The van der Waals surface area contributed by atoms with Crippen LogP contribution in [0.25, 0.3) is 0 Å². The number of aliphatic imine (C=N–C) groups is 1. The molecule has 1 atom stereocenters. The van der Waals surface area contributed by atoms with E-state index in [-0.39, 0.29) is 11.9 Å². The van der Waals surface area contributed by atoms with Gasteiger partial charge in [-0.2, -0.15) is 0 Å². The maximum absolute atomic E-state index is 11.8. The average molecular weight is 438 g/mol. The third kappa shape index (κ3) is 6.23. The third-order valence-corrected chi connectivity index (χ3v) is 5.89. The van der Waals surface area contributed by atoms with E-state index in [1.54, 1.807) is 21.2 Å². The van der Waals surface area contributed by atoms with Gasteiger partial charge in [0.1, 0.15) is 5.75 Å². The molecule has 2 aromatic rings. The van der Waals surface area contributed by atoms with Crippen LogP contribution in [0.15, 0.2) is 53.5 Å². The van der Waals surface area contributed by atoms with Crippen LogP contribution >= 0.6 is 0 Å².